The van der Waals surface area contributed by atoms with Gasteiger partial charge in [-0.15, -0.1) is 0 Å². The van der Waals surface area contributed by atoms with Crippen molar-refractivity contribution in [1.82, 2.24) is 9.55 Å². The second-order valence-corrected chi connectivity index (χ2v) is 7.27. The summed E-state index contributed by atoms with van der Waals surface area (Å²) in [4.78, 5) is 4.13. The minimum absolute atomic E-state index is 0.137. The number of aromatic nitrogens is 2. The first-order chi connectivity index (χ1) is 12.6. The fraction of sp³-hybridized carbons (Fsp3) is 0.571. The van der Waals surface area contributed by atoms with E-state index in [1.165, 1.54) is 5.56 Å². The van der Waals surface area contributed by atoms with Gasteiger partial charge in [0.15, 0.2) is 5.79 Å². The van der Waals surface area contributed by atoms with E-state index in [2.05, 4.69) is 35.5 Å². The normalized spacial score (nSPS) is 18.6. The smallest absolute Gasteiger partial charge is 0.174 e. The van der Waals surface area contributed by atoms with Crippen LogP contribution in [0.1, 0.15) is 38.7 Å². The number of nitrogens with zero attached hydrogens (tertiary/aromatic N) is 2. The maximum Gasteiger partial charge on any atom is 0.174 e. The van der Waals surface area contributed by atoms with Gasteiger partial charge in [-0.2, -0.15) is 0 Å². The zero-order chi connectivity index (χ0) is 18.5. The highest BCUT2D eigenvalue weighted by Crippen LogP contribution is 2.38. The maximum atomic E-state index is 6.43. The minimum Gasteiger partial charge on any atom is -0.497 e. The summed E-state index contributed by atoms with van der Waals surface area (Å²) in [6.45, 7) is 6.76. The Balaban J connectivity index is 1.74. The van der Waals surface area contributed by atoms with Gasteiger partial charge in [-0.25, -0.2) is 4.98 Å². The van der Waals surface area contributed by atoms with Gasteiger partial charge in [-0.05, 0) is 30.5 Å². The van der Waals surface area contributed by atoms with E-state index in [0.29, 0.717) is 0 Å². The number of hydrogen-bond donors (Lipinski definition) is 0. The van der Waals surface area contributed by atoms with Crippen LogP contribution in [0.3, 0.4) is 0 Å². The third-order valence-corrected chi connectivity index (χ3v) is 5.73. The standard InChI is InChI=1S/C21H30N2O3/c1-4-20(5-2)15-25-21(26-16-20,10-12-23-13-11-22-17-23)14-18-6-8-19(24-3)9-7-18/h6-9,11,13,17H,4-5,10,12,14-16H2,1-3H3. The van der Waals surface area contributed by atoms with Crippen LogP contribution in [0.4, 0.5) is 0 Å². The molecule has 1 saturated heterocycles. The van der Waals surface area contributed by atoms with Crippen molar-refractivity contribution in [3.05, 3.63) is 48.5 Å². The third-order valence-electron chi connectivity index (χ3n) is 5.73. The van der Waals surface area contributed by atoms with Crippen LogP contribution in [0.25, 0.3) is 0 Å². The largest absolute Gasteiger partial charge is 0.497 e. The van der Waals surface area contributed by atoms with Crippen molar-refractivity contribution < 1.29 is 14.2 Å². The Morgan fingerprint density at radius 2 is 1.81 bits per heavy atom. The first-order valence-corrected chi connectivity index (χ1v) is 9.49. The molecule has 5 heteroatoms. The molecule has 1 aliphatic rings. The van der Waals surface area contributed by atoms with E-state index < -0.39 is 5.79 Å². The second kappa shape index (κ2) is 8.23. The lowest BCUT2D eigenvalue weighted by Crippen LogP contribution is -2.51. The summed E-state index contributed by atoms with van der Waals surface area (Å²) in [6, 6.07) is 8.16. The van der Waals surface area contributed by atoms with Gasteiger partial charge in [-0.3, -0.25) is 0 Å². The molecule has 0 unspecified atom stereocenters. The fourth-order valence-electron chi connectivity index (χ4n) is 3.42. The predicted molar refractivity (Wildman–Crippen MR) is 101 cm³/mol. The van der Waals surface area contributed by atoms with Gasteiger partial charge in [0.05, 0.1) is 26.7 Å². The summed E-state index contributed by atoms with van der Waals surface area (Å²) in [5, 5.41) is 0. The van der Waals surface area contributed by atoms with Crippen LogP contribution in [0.2, 0.25) is 0 Å². The molecule has 1 aromatic carbocycles. The van der Waals surface area contributed by atoms with Gasteiger partial charge < -0.3 is 18.8 Å². The zero-order valence-electron chi connectivity index (χ0n) is 16.1. The van der Waals surface area contributed by atoms with Gasteiger partial charge >= 0.3 is 0 Å². The molecular formula is C21H30N2O3. The molecule has 0 atom stereocenters. The number of rotatable bonds is 8. The zero-order valence-corrected chi connectivity index (χ0v) is 16.1. The quantitative estimate of drug-likeness (QED) is 0.713. The first-order valence-electron chi connectivity index (χ1n) is 9.49. The molecule has 0 bridgehead atoms. The van der Waals surface area contributed by atoms with E-state index in [4.69, 9.17) is 14.2 Å². The maximum absolute atomic E-state index is 6.43. The SMILES string of the molecule is CCC1(CC)COC(CCn2ccnc2)(Cc2ccc(OC)cc2)OC1. The molecule has 0 radical (unpaired) electrons. The Kier molecular flexibility index (Phi) is 5.99. The second-order valence-electron chi connectivity index (χ2n) is 7.27. The molecule has 0 aliphatic carbocycles. The van der Waals surface area contributed by atoms with Crippen molar-refractivity contribution in [2.24, 2.45) is 5.41 Å². The van der Waals surface area contributed by atoms with Gasteiger partial charge in [-0.1, -0.05) is 26.0 Å². The fourth-order valence-corrected chi connectivity index (χ4v) is 3.42. The summed E-state index contributed by atoms with van der Waals surface area (Å²) >= 11 is 0. The predicted octanol–water partition coefficient (Wildman–Crippen LogP) is 4.07. The molecule has 26 heavy (non-hydrogen) atoms. The average molecular weight is 358 g/mol. The van der Waals surface area contributed by atoms with Gasteiger partial charge in [0.25, 0.3) is 0 Å². The van der Waals surface area contributed by atoms with Gasteiger partial charge in [0.1, 0.15) is 5.75 Å². The number of imidazole rings is 1. The van der Waals surface area contributed by atoms with Crippen LogP contribution in [-0.4, -0.2) is 35.7 Å². The highest BCUT2D eigenvalue weighted by atomic mass is 16.7. The molecule has 3 rings (SSSR count). The molecule has 1 aliphatic heterocycles. The van der Waals surface area contributed by atoms with Crippen LogP contribution in [0.5, 0.6) is 5.75 Å². The highest BCUT2D eigenvalue weighted by Gasteiger charge is 2.43. The Bertz CT molecular complexity index is 653. The summed E-state index contributed by atoms with van der Waals surface area (Å²) in [5.74, 6) is 0.273. The molecule has 2 heterocycles. The lowest BCUT2D eigenvalue weighted by Gasteiger charge is -2.46. The van der Waals surface area contributed by atoms with E-state index in [0.717, 1.165) is 51.2 Å². The van der Waals surface area contributed by atoms with Crippen molar-refractivity contribution in [3.8, 4) is 5.75 Å². The molecule has 1 fully saturated rings. The summed E-state index contributed by atoms with van der Waals surface area (Å²) < 4.78 is 20.2. The van der Waals surface area contributed by atoms with Crippen molar-refractivity contribution in [2.75, 3.05) is 20.3 Å². The van der Waals surface area contributed by atoms with Crippen molar-refractivity contribution >= 4 is 0 Å². The van der Waals surface area contributed by atoms with Gasteiger partial charge in [0, 0.05) is 37.2 Å². The van der Waals surface area contributed by atoms with Crippen LogP contribution in [0, 0.1) is 5.41 Å². The van der Waals surface area contributed by atoms with Gasteiger partial charge in [0.2, 0.25) is 0 Å². The molecule has 5 nitrogen and oxygen atoms in total. The Morgan fingerprint density at radius 1 is 1.12 bits per heavy atom. The Labute approximate surface area is 156 Å². The summed E-state index contributed by atoms with van der Waals surface area (Å²) in [6.07, 6.45) is 9.29. The number of methoxy groups -OCH3 is 1. The van der Waals surface area contributed by atoms with E-state index in [1.807, 2.05) is 24.7 Å². The van der Waals surface area contributed by atoms with Crippen molar-refractivity contribution in [2.45, 2.75) is 51.9 Å². The topological polar surface area (TPSA) is 45.5 Å². The summed E-state index contributed by atoms with van der Waals surface area (Å²) in [5.41, 5.74) is 1.33. The monoisotopic (exact) mass is 358 g/mol. The average Bonchev–Trinajstić information content (AvgIpc) is 3.22. The molecule has 0 amide bonds. The van der Waals surface area contributed by atoms with E-state index in [-0.39, 0.29) is 5.41 Å². The van der Waals surface area contributed by atoms with E-state index in [1.54, 1.807) is 13.3 Å². The summed E-state index contributed by atoms with van der Waals surface area (Å²) in [7, 11) is 1.68. The molecular weight excluding hydrogens is 328 g/mol. The molecule has 0 N–H and O–H groups in total. The number of benzene rings is 1. The number of aryl methyl sites for hydroxylation is 1. The molecule has 142 valence electrons. The first kappa shape index (κ1) is 18.9. The lowest BCUT2D eigenvalue weighted by molar-refractivity contribution is -0.308. The number of hydrogen-bond acceptors (Lipinski definition) is 4. The van der Waals surface area contributed by atoms with Crippen LogP contribution < -0.4 is 4.74 Å². The van der Waals surface area contributed by atoms with Crippen LogP contribution in [0.15, 0.2) is 43.0 Å². The Hall–Kier alpha value is -1.85. The Morgan fingerprint density at radius 3 is 2.35 bits per heavy atom. The van der Waals surface area contributed by atoms with Crippen molar-refractivity contribution in [1.29, 1.82) is 0 Å². The van der Waals surface area contributed by atoms with Crippen LogP contribution in [-0.2, 0) is 22.4 Å². The van der Waals surface area contributed by atoms with Crippen LogP contribution >= 0.6 is 0 Å². The highest BCUT2D eigenvalue weighted by molar-refractivity contribution is 5.28. The molecule has 2 aromatic rings. The molecule has 1 aromatic heterocycles. The third kappa shape index (κ3) is 4.27. The lowest BCUT2D eigenvalue weighted by atomic mass is 9.82. The van der Waals surface area contributed by atoms with E-state index >= 15 is 0 Å². The molecule has 0 saturated carbocycles. The minimum atomic E-state index is -0.591. The van der Waals surface area contributed by atoms with Crippen molar-refractivity contribution in [3.63, 3.8) is 0 Å². The van der Waals surface area contributed by atoms with E-state index in [9.17, 15) is 0 Å². The number of ether oxygens (including phenoxy) is 3. The molecule has 0 spiro atoms.